The van der Waals surface area contributed by atoms with Gasteiger partial charge in [-0.2, -0.15) is 8.78 Å². The molecule has 0 saturated heterocycles. The Labute approximate surface area is 184 Å². The first-order valence-electron chi connectivity index (χ1n) is 9.85. The molecule has 0 unspecified atom stereocenters. The lowest BCUT2D eigenvalue weighted by Gasteiger charge is -2.36. The summed E-state index contributed by atoms with van der Waals surface area (Å²) in [6.07, 6.45) is 0. The maximum atomic E-state index is 14.1. The summed E-state index contributed by atoms with van der Waals surface area (Å²) in [5.41, 5.74) is 2.71. The van der Waals surface area contributed by atoms with Gasteiger partial charge in [0, 0.05) is 19.7 Å². The number of alkyl halides is 2. The van der Waals surface area contributed by atoms with E-state index in [1.165, 1.54) is 16.4 Å². The molecule has 0 aromatic heterocycles. The number of ether oxygens (including phenoxy) is 1. The van der Waals surface area contributed by atoms with E-state index in [-0.39, 0.29) is 17.2 Å². The van der Waals surface area contributed by atoms with Crippen LogP contribution in [0.2, 0.25) is 0 Å². The Hall–Kier alpha value is -3.20. The minimum absolute atomic E-state index is 0.178. The predicted molar refractivity (Wildman–Crippen MR) is 117 cm³/mol. The quantitative estimate of drug-likeness (QED) is 0.533. The van der Waals surface area contributed by atoms with Gasteiger partial charge in [-0.25, -0.2) is 12.8 Å². The summed E-state index contributed by atoms with van der Waals surface area (Å²) in [5.74, 6) is -1.05. The molecule has 1 aliphatic heterocycles. The summed E-state index contributed by atoms with van der Waals surface area (Å²) in [5, 5.41) is 0. The first-order chi connectivity index (χ1) is 15.1. The van der Waals surface area contributed by atoms with Gasteiger partial charge in [-0.05, 0) is 60.0 Å². The fraction of sp³-hybridized carbons (Fsp3) is 0.217. The zero-order chi connectivity index (χ0) is 23.0. The SMILES string of the molecule is Cc1cccc(S(=O)(=O)N2CCN(C)c3ccc(-c4cc(F)cc(OC(F)F)c4)cc32)c1. The van der Waals surface area contributed by atoms with E-state index < -0.39 is 22.5 Å². The van der Waals surface area contributed by atoms with E-state index in [1.807, 2.05) is 24.9 Å². The van der Waals surface area contributed by atoms with Gasteiger partial charge >= 0.3 is 6.61 Å². The summed E-state index contributed by atoms with van der Waals surface area (Å²) in [7, 11) is -1.99. The maximum absolute atomic E-state index is 14.1. The number of rotatable bonds is 5. The van der Waals surface area contributed by atoms with Crippen LogP contribution in [0.25, 0.3) is 11.1 Å². The normalized spacial score (nSPS) is 13.9. The summed E-state index contributed by atoms with van der Waals surface area (Å²) < 4.78 is 71.8. The van der Waals surface area contributed by atoms with Crippen molar-refractivity contribution in [3.05, 3.63) is 72.0 Å². The van der Waals surface area contributed by atoms with Crippen molar-refractivity contribution in [2.24, 2.45) is 0 Å². The Kier molecular flexibility index (Phi) is 5.77. The number of aryl methyl sites for hydroxylation is 1. The second-order valence-electron chi connectivity index (χ2n) is 7.57. The molecule has 0 amide bonds. The van der Waals surface area contributed by atoms with Gasteiger partial charge in [0.05, 0.1) is 22.8 Å². The molecule has 4 rings (SSSR count). The number of fused-ring (bicyclic) bond motifs is 1. The highest BCUT2D eigenvalue weighted by atomic mass is 32.2. The number of nitrogens with zero attached hydrogens (tertiary/aromatic N) is 2. The smallest absolute Gasteiger partial charge is 0.387 e. The molecule has 32 heavy (non-hydrogen) atoms. The third-order valence-electron chi connectivity index (χ3n) is 5.30. The van der Waals surface area contributed by atoms with Gasteiger partial charge in [0.2, 0.25) is 0 Å². The number of likely N-dealkylation sites (N-methyl/N-ethyl adjacent to an activating group) is 1. The lowest BCUT2D eigenvalue weighted by Crippen LogP contribution is -2.42. The summed E-state index contributed by atoms with van der Waals surface area (Å²) in [6, 6.07) is 15.1. The zero-order valence-corrected chi connectivity index (χ0v) is 18.2. The van der Waals surface area contributed by atoms with Gasteiger partial charge in [0.25, 0.3) is 10.0 Å². The Morgan fingerprint density at radius 3 is 2.44 bits per heavy atom. The molecule has 0 spiro atoms. The average molecular weight is 462 g/mol. The van der Waals surface area contributed by atoms with E-state index in [4.69, 9.17) is 0 Å². The summed E-state index contributed by atoms with van der Waals surface area (Å²) >= 11 is 0. The number of halogens is 3. The monoisotopic (exact) mass is 462 g/mol. The molecule has 0 saturated carbocycles. The van der Waals surface area contributed by atoms with E-state index in [9.17, 15) is 21.6 Å². The van der Waals surface area contributed by atoms with Gasteiger partial charge < -0.3 is 9.64 Å². The zero-order valence-electron chi connectivity index (χ0n) is 17.4. The molecule has 3 aromatic rings. The van der Waals surface area contributed by atoms with E-state index in [1.54, 1.807) is 36.4 Å². The number of sulfonamides is 1. The average Bonchev–Trinajstić information content (AvgIpc) is 2.72. The van der Waals surface area contributed by atoms with Crippen LogP contribution in [0.1, 0.15) is 5.56 Å². The van der Waals surface area contributed by atoms with Crippen molar-refractivity contribution >= 4 is 21.4 Å². The van der Waals surface area contributed by atoms with E-state index >= 15 is 0 Å². The Morgan fingerprint density at radius 2 is 1.72 bits per heavy atom. The maximum Gasteiger partial charge on any atom is 0.387 e. The lowest BCUT2D eigenvalue weighted by atomic mass is 10.0. The molecule has 0 aliphatic carbocycles. The van der Waals surface area contributed by atoms with Crippen LogP contribution in [0.15, 0.2) is 65.6 Å². The van der Waals surface area contributed by atoms with Gasteiger partial charge in [-0.3, -0.25) is 4.31 Å². The minimum atomic E-state index is -3.84. The molecule has 0 fully saturated rings. The van der Waals surface area contributed by atoms with Gasteiger partial charge in [0.15, 0.2) is 0 Å². The number of anilines is 2. The molecule has 3 aromatic carbocycles. The third kappa shape index (κ3) is 4.25. The van der Waals surface area contributed by atoms with Crippen molar-refractivity contribution in [3.63, 3.8) is 0 Å². The van der Waals surface area contributed by atoms with Crippen LogP contribution in [-0.2, 0) is 10.0 Å². The number of benzene rings is 3. The highest BCUT2D eigenvalue weighted by molar-refractivity contribution is 7.92. The van der Waals surface area contributed by atoms with E-state index in [2.05, 4.69) is 4.74 Å². The fourth-order valence-corrected chi connectivity index (χ4v) is 5.33. The van der Waals surface area contributed by atoms with E-state index in [0.29, 0.717) is 29.0 Å². The van der Waals surface area contributed by atoms with Crippen LogP contribution in [0.5, 0.6) is 5.75 Å². The molecule has 5 nitrogen and oxygen atoms in total. The van der Waals surface area contributed by atoms with Crippen molar-refractivity contribution in [3.8, 4) is 16.9 Å². The largest absolute Gasteiger partial charge is 0.435 e. The third-order valence-corrected chi connectivity index (χ3v) is 7.11. The second kappa shape index (κ2) is 8.38. The van der Waals surface area contributed by atoms with Crippen LogP contribution < -0.4 is 13.9 Å². The number of hydrogen-bond acceptors (Lipinski definition) is 4. The molecular weight excluding hydrogens is 441 g/mol. The highest BCUT2D eigenvalue weighted by Crippen LogP contribution is 2.39. The Bertz CT molecular complexity index is 1270. The molecule has 0 atom stereocenters. The van der Waals surface area contributed by atoms with Gasteiger partial charge in [-0.1, -0.05) is 18.2 Å². The number of hydrogen-bond donors (Lipinski definition) is 0. The minimum Gasteiger partial charge on any atom is -0.435 e. The predicted octanol–water partition coefficient (Wildman–Crippen LogP) is 5.05. The van der Waals surface area contributed by atoms with Crippen LogP contribution >= 0.6 is 0 Å². The van der Waals surface area contributed by atoms with Gasteiger partial charge in [-0.15, -0.1) is 0 Å². The lowest BCUT2D eigenvalue weighted by molar-refractivity contribution is -0.0499. The Balaban J connectivity index is 1.81. The summed E-state index contributed by atoms with van der Waals surface area (Å²) in [6.45, 7) is -0.551. The van der Waals surface area contributed by atoms with Crippen LogP contribution in [-0.4, -0.2) is 35.2 Å². The molecular formula is C23H21F3N2O3S. The topological polar surface area (TPSA) is 49.9 Å². The first-order valence-corrected chi connectivity index (χ1v) is 11.3. The first kappa shape index (κ1) is 22.0. The molecule has 9 heteroatoms. The molecule has 1 aliphatic rings. The van der Waals surface area contributed by atoms with Crippen LogP contribution in [0.4, 0.5) is 24.5 Å². The molecule has 168 valence electrons. The fourth-order valence-electron chi connectivity index (χ4n) is 3.76. The van der Waals surface area contributed by atoms with Crippen molar-refractivity contribution in [1.82, 2.24) is 0 Å². The van der Waals surface area contributed by atoms with Crippen molar-refractivity contribution < 1.29 is 26.3 Å². The van der Waals surface area contributed by atoms with Gasteiger partial charge in [0.1, 0.15) is 11.6 Å². The molecule has 0 bridgehead atoms. The summed E-state index contributed by atoms with van der Waals surface area (Å²) in [4.78, 5) is 2.11. The van der Waals surface area contributed by atoms with Crippen molar-refractivity contribution in [2.75, 3.05) is 29.3 Å². The van der Waals surface area contributed by atoms with Crippen molar-refractivity contribution in [1.29, 1.82) is 0 Å². The van der Waals surface area contributed by atoms with E-state index in [0.717, 1.165) is 11.6 Å². The van der Waals surface area contributed by atoms with Crippen LogP contribution in [0.3, 0.4) is 0 Å². The standard InChI is InChI=1S/C23H21F3N2O3S/c1-15-4-3-5-20(10-15)32(29,30)28-9-8-27(2)21-7-6-16(13-22(21)28)17-11-18(24)14-19(12-17)31-23(25)26/h3-7,10-14,23H,8-9H2,1-2H3. The Morgan fingerprint density at radius 1 is 0.938 bits per heavy atom. The van der Waals surface area contributed by atoms with Crippen LogP contribution in [0, 0.1) is 12.7 Å². The highest BCUT2D eigenvalue weighted by Gasteiger charge is 2.31. The molecule has 0 radical (unpaired) electrons. The molecule has 0 N–H and O–H groups in total. The molecule has 1 heterocycles. The second-order valence-corrected chi connectivity index (χ2v) is 9.44. The van der Waals surface area contributed by atoms with Crippen molar-refractivity contribution in [2.45, 2.75) is 18.4 Å².